The summed E-state index contributed by atoms with van der Waals surface area (Å²) in [6.45, 7) is 7.23. The summed E-state index contributed by atoms with van der Waals surface area (Å²) in [5.41, 5.74) is 4.43. The van der Waals surface area contributed by atoms with Crippen LogP contribution < -0.4 is 0 Å². The van der Waals surface area contributed by atoms with Crippen molar-refractivity contribution >= 4 is 16.8 Å². The molecule has 6 nitrogen and oxygen atoms in total. The minimum atomic E-state index is -0.0580. The van der Waals surface area contributed by atoms with E-state index in [1.807, 2.05) is 49.3 Å². The molecule has 1 amide bonds. The molecule has 0 bridgehead atoms. The minimum Gasteiger partial charge on any atom is -0.508 e. The predicted molar refractivity (Wildman–Crippen MR) is 97.8 cm³/mol. The first-order valence-corrected chi connectivity index (χ1v) is 8.39. The lowest BCUT2D eigenvalue weighted by Crippen LogP contribution is -2.27. The van der Waals surface area contributed by atoms with Crippen molar-refractivity contribution in [1.29, 1.82) is 0 Å². The number of aromatic hydroxyl groups is 1. The van der Waals surface area contributed by atoms with Crippen LogP contribution in [0.25, 0.3) is 10.9 Å². The number of aryl methyl sites for hydroxylation is 3. The fraction of sp³-hybridized carbons (Fsp3) is 0.368. The van der Waals surface area contributed by atoms with Gasteiger partial charge in [0, 0.05) is 55.5 Å². The van der Waals surface area contributed by atoms with E-state index < -0.39 is 0 Å². The summed E-state index contributed by atoms with van der Waals surface area (Å²) < 4.78 is 3.86. The van der Waals surface area contributed by atoms with Gasteiger partial charge in [0.15, 0.2) is 0 Å². The third-order valence-corrected chi connectivity index (χ3v) is 4.82. The monoisotopic (exact) mass is 340 g/mol. The smallest absolute Gasteiger partial charge is 0.256 e. The summed E-state index contributed by atoms with van der Waals surface area (Å²) in [6.07, 6.45) is 1.99. The molecule has 0 atom stereocenters. The molecule has 6 heteroatoms. The van der Waals surface area contributed by atoms with E-state index in [1.165, 1.54) is 0 Å². The fourth-order valence-electron chi connectivity index (χ4n) is 3.22. The van der Waals surface area contributed by atoms with E-state index in [9.17, 15) is 9.90 Å². The molecule has 3 aromatic rings. The van der Waals surface area contributed by atoms with E-state index in [0.29, 0.717) is 12.1 Å². The number of benzene rings is 1. The number of hydrogen-bond donors (Lipinski definition) is 1. The Morgan fingerprint density at radius 2 is 2.04 bits per heavy atom. The largest absolute Gasteiger partial charge is 0.508 e. The van der Waals surface area contributed by atoms with Gasteiger partial charge in [-0.3, -0.25) is 9.48 Å². The van der Waals surface area contributed by atoms with Crippen molar-refractivity contribution < 1.29 is 9.90 Å². The number of fused-ring (bicyclic) bond motifs is 1. The van der Waals surface area contributed by atoms with Gasteiger partial charge in [-0.15, -0.1) is 0 Å². The zero-order valence-electron chi connectivity index (χ0n) is 15.4. The molecule has 2 aromatic heterocycles. The Bertz CT molecular complexity index is 952. The van der Waals surface area contributed by atoms with Crippen LogP contribution in [-0.4, -0.2) is 37.3 Å². The molecule has 0 aliphatic heterocycles. The SMILES string of the molecule is CCn1cc(CN(C)C(=O)c2c(C)n(C)c3ccc(O)cc23)c(C)n1. The van der Waals surface area contributed by atoms with E-state index in [1.54, 1.807) is 24.1 Å². The lowest BCUT2D eigenvalue weighted by atomic mass is 10.1. The lowest BCUT2D eigenvalue weighted by molar-refractivity contribution is 0.0786. The number of rotatable bonds is 4. The van der Waals surface area contributed by atoms with Crippen LogP contribution in [0.4, 0.5) is 0 Å². The van der Waals surface area contributed by atoms with Crippen molar-refractivity contribution in [3.63, 3.8) is 0 Å². The van der Waals surface area contributed by atoms with Gasteiger partial charge in [0.05, 0.1) is 11.3 Å². The highest BCUT2D eigenvalue weighted by Crippen LogP contribution is 2.29. The van der Waals surface area contributed by atoms with Gasteiger partial charge in [0.2, 0.25) is 0 Å². The standard InChI is InChI=1S/C19H24N4O2/c1-6-23-11-14(12(2)20-23)10-21(4)19(25)18-13(3)22(5)17-8-7-15(24)9-16(17)18/h7-9,11,24H,6,10H2,1-5H3. The maximum atomic E-state index is 13.1. The van der Waals surface area contributed by atoms with Gasteiger partial charge in [-0.1, -0.05) is 0 Å². The number of amides is 1. The molecule has 0 aliphatic rings. The zero-order chi connectivity index (χ0) is 18.3. The Morgan fingerprint density at radius 1 is 1.32 bits per heavy atom. The van der Waals surface area contributed by atoms with E-state index in [-0.39, 0.29) is 11.7 Å². The highest BCUT2D eigenvalue weighted by molar-refractivity contribution is 6.08. The average Bonchev–Trinajstić information content (AvgIpc) is 3.05. The minimum absolute atomic E-state index is 0.0580. The second-order valence-electron chi connectivity index (χ2n) is 6.48. The Kier molecular flexibility index (Phi) is 4.29. The van der Waals surface area contributed by atoms with Crippen LogP contribution >= 0.6 is 0 Å². The molecule has 2 heterocycles. The maximum Gasteiger partial charge on any atom is 0.256 e. The molecular formula is C19H24N4O2. The Balaban J connectivity index is 1.97. The van der Waals surface area contributed by atoms with E-state index in [0.717, 1.165) is 34.4 Å². The Hall–Kier alpha value is -2.76. The molecule has 0 radical (unpaired) electrons. The summed E-state index contributed by atoms with van der Waals surface area (Å²) in [7, 11) is 3.73. The summed E-state index contributed by atoms with van der Waals surface area (Å²) >= 11 is 0. The molecule has 1 N–H and O–H groups in total. The number of phenols is 1. The fourth-order valence-corrected chi connectivity index (χ4v) is 3.22. The molecule has 1 aromatic carbocycles. The van der Waals surface area contributed by atoms with Crippen LogP contribution in [0.15, 0.2) is 24.4 Å². The number of carbonyl (C=O) groups excluding carboxylic acids is 1. The van der Waals surface area contributed by atoms with E-state index in [2.05, 4.69) is 5.10 Å². The third kappa shape index (κ3) is 2.88. The number of hydrogen-bond acceptors (Lipinski definition) is 3. The summed E-state index contributed by atoms with van der Waals surface area (Å²) in [6, 6.07) is 5.13. The lowest BCUT2D eigenvalue weighted by Gasteiger charge is -2.17. The van der Waals surface area contributed by atoms with Gasteiger partial charge in [-0.2, -0.15) is 5.10 Å². The first kappa shape index (κ1) is 17.1. The first-order chi connectivity index (χ1) is 11.8. The van der Waals surface area contributed by atoms with Crippen molar-refractivity contribution in [3.8, 4) is 5.75 Å². The average molecular weight is 340 g/mol. The van der Waals surface area contributed by atoms with Gasteiger partial charge >= 0.3 is 0 Å². The molecular weight excluding hydrogens is 316 g/mol. The summed E-state index contributed by atoms with van der Waals surface area (Å²) in [5.74, 6) is 0.104. The van der Waals surface area contributed by atoms with Crippen molar-refractivity contribution in [3.05, 3.63) is 46.9 Å². The van der Waals surface area contributed by atoms with Crippen LogP contribution in [0.5, 0.6) is 5.75 Å². The van der Waals surface area contributed by atoms with Gasteiger partial charge in [0.1, 0.15) is 5.75 Å². The number of phenolic OH excluding ortho intramolecular Hbond substituents is 1. The quantitative estimate of drug-likeness (QED) is 0.794. The molecule has 0 spiro atoms. The van der Waals surface area contributed by atoms with E-state index in [4.69, 9.17) is 0 Å². The van der Waals surface area contributed by atoms with E-state index >= 15 is 0 Å². The van der Waals surface area contributed by atoms with Crippen LogP contribution in [0.3, 0.4) is 0 Å². The Morgan fingerprint density at radius 3 is 2.68 bits per heavy atom. The molecule has 132 valence electrons. The van der Waals surface area contributed by atoms with Crippen LogP contribution in [-0.2, 0) is 20.1 Å². The maximum absolute atomic E-state index is 13.1. The van der Waals surface area contributed by atoms with Crippen molar-refractivity contribution in [2.45, 2.75) is 33.9 Å². The number of carbonyl (C=O) groups is 1. The second-order valence-corrected chi connectivity index (χ2v) is 6.48. The van der Waals surface area contributed by atoms with Gasteiger partial charge in [0.25, 0.3) is 5.91 Å². The molecule has 0 saturated heterocycles. The van der Waals surface area contributed by atoms with Gasteiger partial charge in [-0.05, 0) is 39.0 Å². The highest BCUT2D eigenvalue weighted by Gasteiger charge is 2.22. The Labute approximate surface area is 147 Å². The van der Waals surface area contributed by atoms with Crippen molar-refractivity contribution in [2.75, 3.05) is 7.05 Å². The second kappa shape index (κ2) is 6.27. The molecule has 0 unspecified atom stereocenters. The van der Waals surface area contributed by atoms with Crippen molar-refractivity contribution in [2.24, 2.45) is 7.05 Å². The first-order valence-electron chi connectivity index (χ1n) is 8.39. The molecule has 3 rings (SSSR count). The molecule has 0 aliphatic carbocycles. The molecule has 0 saturated carbocycles. The summed E-state index contributed by atoms with van der Waals surface area (Å²) in [5, 5.41) is 15.0. The van der Waals surface area contributed by atoms with Gasteiger partial charge in [-0.25, -0.2) is 0 Å². The van der Waals surface area contributed by atoms with Crippen LogP contribution in [0.2, 0.25) is 0 Å². The third-order valence-electron chi connectivity index (χ3n) is 4.82. The number of nitrogens with zero attached hydrogens (tertiary/aromatic N) is 4. The predicted octanol–water partition coefficient (Wildman–Crippen LogP) is 2.99. The molecule has 25 heavy (non-hydrogen) atoms. The van der Waals surface area contributed by atoms with Crippen LogP contribution in [0.1, 0.15) is 34.2 Å². The highest BCUT2D eigenvalue weighted by atomic mass is 16.3. The number of aromatic nitrogens is 3. The van der Waals surface area contributed by atoms with Gasteiger partial charge < -0.3 is 14.6 Å². The van der Waals surface area contributed by atoms with Crippen molar-refractivity contribution in [1.82, 2.24) is 19.2 Å². The molecule has 0 fully saturated rings. The zero-order valence-corrected chi connectivity index (χ0v) is 15.4. The summed E-state index contributed by atoms with van der Waals surface area (Å²) in [4.78, 5) is 14.8. The topological polar surface area (TPSA) is 63.3 Å². The normalized spacial score (nSPS) is 11.2. The van der Waals surface area contributed by atoms with Crippen LogP contribution in [0, 0.1) is 13.8 Å².